The van der Waals surface area contributed by atoms with Crippen LogP contribution in [-0.4, -0.2) is 12.1 Å². The molecule has 86 valence electrons. The highest BCUT2D eigenvalue weighted by molar-refractivity contribution is 6.00. The first-order valence-corrected chi connectivity index (χ1v) is 5.14. The molecule has 0 spiro atoms. The van der Waals surface area contributed by atoms with Gasteiger partial charge >= 0.3 is 0 Å². The van der Waals surface area contributed by atoms with Gasteiger partial charge in [-0.05, 0) is 6.42 Å². The van der Waals surface area contributed by atoms with Crippen molar-refractivity contribution in [1.82, 2.24) is 0 Å². The van der Waals surface area contributed by atoms with Crippen molar-refractivity contribution < 1.29 is 8.78 Å². The first-order valence-electron chi connectivity index (χ1n) is 5.14. The van der Waals surface area contributed by atoms with Crippen LogP contribution in [0.2, 0.25) is 0 Å². The fourth-order valence-electron chi connectivity index (χ4n) is 1.15. The van der Waals surface area contributed by atoms with Crippen LogP contribution in [0.1, 0.15) is 37.3 Å². The van der Waals surface area contributed by atoms with Crippen molar-refractivity contribution in [3.63, 3.8) is 0 Å². The van der Waals surface area contributed by atoms with E-state index >= 15 is 0 Å². The minimum Gasteiger partial charge on any atom is -0.282 e. The molecular weight excluding hydrogens is 210 g/mol. The van der Waals surface area contributed by atoms with Gasteiger partial charge in [0.05, 0.1) is 0 Å². The van der Waals surface area contributed by atoms with Crippen LogP contribution in [0, 0.1) is 5.41 Å². The summed E-state index contributed by atoms with van der Waals surface area (Å²) in [5.41, 5.74) is 0.519. The van der Waals surface area contributed by atoms with Crippen LogP contribution in [0.25, 0.3) is 0 Å². The largest absolute Gasteiger partial charge is 0.282 e. The first-order chi connectivity index (χ1) is 7.65. The summed E-state index contributed by atoms with van der Waals surface area (Å²) in [6.45, 7) is 2.02. The monoisotopic (exact) mass is 224 g/mol. The van der Waals surface area contributed by atoms with Gasteiger partial charge < -0.3 is 0 Å². The summed E-state index contributed by atoms with van der Waals surface area (Å²) in [6, 6.07) is 5.63. The molecule has 0 amide bonds. The van der Waals surface area contributed by atoms with E-state index in [-0.39, 0.29) is 11.4 Å². The van der Waals surface area contributed by atoms with Gasteiger partial charge in [0.1, 0.15) is 0 Å². The molecule has 0 aliphatic carbocycles. The highest BCUT2D eigenvalue weighted by atomic mass is 19.3. The van der Waals surface area contributed by atoms with Gasteiger partial charge in [0, 0.05) is 17.3 Å². The maximum absolute atomic E-state index is 12.3. The SMILES string of the molecule is CCCC=NC(=N)c1ccc(C(F)F)cc1. The van der Waals surface area contributed by atoms with Gasteiger partial charge in [-0.1, -0.05) is 37.6 Å². The predicted octanol–water partition coefficient (Wildman–Crippen LogP) is 3.82. The lowest BCUT2D eigenvalue weighted by Gasteiger charge is -2.01. The Morgan fingerprint density at radius 1 is 1.38 bits per heavy atom. The summed E-state index contributed by atoms with van der Waals surface area (Å²) in [7, 11) is 0. The second-order valence-electron chi connectivity index (χ2n) is 3.37. The third kappa shape index (κ3) is 3.53. The zero-order chi connectivity index (χ0) is 12.0. The van der Waals surface area contributed by atoms with Gasteiger partial charge in [-0.15, -0.1) is 0 Å². The topological polar surface area (TPSA) is 36.2 Å². The summed E-state index contributed by atoms with van der Waals surface area (Å²) in [5.74, 6) is 0.106. The Kier molecular flexibility index (Phi) is 4.76. The molecule has 0 heterocycles. The fraction of sp³-hybridized carbons (Fsp3) is 0.333. The van der Waals surface area contributed by atoms with Crippen LogP contribution in [0.15, 0.2) is 29.3 Å². The van der Waals surface area contributed by atoms with Gasteiger partial charge in [-0.2, -0.15) is 0 Å². The Morgan fingerprint density at radius 3 is 2.50 bits per heavy atom. The zero-order valence-electron chi connectivity index (χ0n) is 9.08. The molecule has 1 rings (SSSR count). The van der Waals surface area contributed by atoms with Crippen LogP contribution >= 0.6 is 0 Å². The minimum atomic E-state index is -2.47. The number of alkyl halides is 2. The van der Waals surface area contributed by atoms with E-state index in [1.807, 2.05) is 6.92 Å². The Balaban J connectivity index is 2.70. The molecule has 2 nitrogen and oxygen atoms in total. The van der Waals surface area contributed by atoms with Crippen molar-refractivity contribution in [2.45, 2.75) is 26.2 Å². The van der Waals surface area contributed by atoms with Gasteiger partial charge in [0.2, 0.25) is 0 Å². The lowest BCUT2D eigenvalue weighted by atomic mass is 10.1. The molecule has 0 bridgehead atoms. The molecule has 0 aromatic heterocycles. The second kappa shape index (κ2) is 6.10. The number of rotatable bonds is 4. The van der Waals surface area contributed by atoms with E-state index in [4.69, 9.17) is 5.41 Å². The molecule has 1 aromatic rings. The maximum Gasteiger partial charge on any atom is 0.263 e. The highest BCUT2D eigenvalue weighted by Gasteiger charge is 2.06. The third-order valence-corrected chi connectivity index (χ3v) is 2.07. The van der Waals surface area contributed by atoms with Crippen molar-refractivity contribution in [3.05, 3.63) is 35.4 Å². The number of nitrogens with zero attached hydrogens (tertiary/aromatic N) is 1. The Morgan fingerprint density at radius 2 is 2.00 bits per heavy atom. The van der Waals surface area contributed by atoms with E-state index in [1.54, 1.807) is 6.21 Å². The molecule has 0 unspecified atom stereocenters. The smallest absolute Gasteiger partial charge is 0.263 e. The number of nitrogens with one attached hydrogen (secondary N) is 1. The minimum absolute atomic E-state index is 0.0333. The molecule has 0 aliphatic rings. The molecule has 1 N–H and O–H groups in total. The summed E-state index contributed by atoms with van der Waals surface area (Å²) in [6.07, 6.45) is 0.994. The molecule has 4 heteroatoms. The highest BCUT2D eigenvalue weighted by Crippen LogP contribution is 2.18. The van der Waals surface area contributed by atoms with Gasteiger partial charge in [0.25, 0.3) is 6.43 Å². The predicted molar refractivity (Wildman–Crippen MR) is 61.6 cm³/mol. The molecule has 1 aromatic carbocycles. The molecule has 0 aliphatic heterocycles. The van der Waals surface area contributed by atoms with Gasteiger partial charge in [0.15, 0.2) is 5.84 Å². The van der Waals surface area contributed by atoms with Gasteiger partial charge in [-0.3, -0.25) is 5.41 Å². The molecular formula is C12H14F2N2. The lowest BCUT2D eigenvalue weighted by Crippen LogP contribution is -1.96. The van der Waals surface area contributed by atoms with Crippen molar-refractivity contribution in [2.24, 2.45) is 4.99 Å². The molecule has 0 fully saturated rings. The number of aliphatic imine (C=N–C) groups is 1. The van der Waals surface area contributed by atoms with E-state index in [0.29, 0.717) is 5.56 Å². The van der Waals surface area contributed by atoms with Crippen LogP contribution in [0.4, 0.5) is 8.78 Å². The summed E-state index contributed by atoms with van der Waals surface area (Å²) in [4.78, 5) is 3.93. The standard InChI is InChI=1S/C12H14F2N2/c1-2-3-8-16-12(15)10-6-4-9(5-7-10)11(13)14/h4-8,11,15H,2-3H2,1H3. The quantitative estimate of drug-likeness (QED) is 0.596. The summed E-state index contributed by atoms with van der Waals surface area (Å²) < 4.78 is 24.5. The third-order valence-electron chi connectivity index (χ3n) is 2.07. The number of unbranched alkanes of at least 4 members (excludes halogenated alkanes) is 1. The zero-order valence-corrected chi connectivity index (χ0v) is 9.08. The number of amidine groups is 1. The maximum atomic E-state index is 12.3. The Bertz CT molecular complexity index is 369. The van der Waals surface area contributed by atoms with Crippen molar-refractivity contribution >= 4 is 12.1 Å². The fourth-order valence-corrected chi connectivity index (χ4v) is 1.15. The van der Waals surface area contributed by atoms with Crippen LogP contribution in [0.3, 0.4) is 0 Å². The molecule has 0 radical (unpaired) electrons. The van der Waals surface area contributed by atoms with E-state index in [0.717, 1.165) is 12.8 Å². The first kappa shape index (κ1) is 12.5. The van der Waals surface area contributed by atoms with Crippen LogP contribution in [-0.2, 0) is 0 Å². The van der Waals surface area contributed by atoms with E-state index in [2.05, 4.69) is 4.99 Å². The van der Waals surface area contributed by atoms with Crippen molar-refractivity contribution in [1.29, 1.82) is 5.41 Å². The normalized spacial score (nSPS) is 11.2. The Labute approximate surface area is 93.5 Å². The number of hydrogen-bond acceptors (Lipinski definition) is 1. The van der Waals surface area contributed by atoms with Crippen molar-refractivity contribution in [2.75, 3.05) is 0 Å². The number of benzene rings is 1. The number of hydrogen-bond donors (Lipinski definition) is 1. The number of halogens is 2. The Hall–Kier alpha value is -1.58. The lowest BCUT2D eigenvalue weighted by molar-refractivity contribution is 0.151. The van der Waals surface area contributed by atoms with Crippen LogP contribution in [0.5, 0.6) is 0 Å². The summed E-state index contributed by atoms with van der Waals surface area (Å²) in [5, 5.41) is 7.60. The average Bonchev–Trinajstić information content (AvgIpc) is 2.29. The molecule has 0 saturated carbocycles. The van der Waals surface area contributed by atoms with Crippen LogP contribution < -0.4 is 0 Å². The molecule has 0 saturated heterocycles. The summed E-state index contributed by atoms with van der Waals surface area (Å²) >= 11 is 0. The van der Waals surface area contributed by atoms with Gasteiger partial charge in [-0.25, -0.2) is 13.8 Å². The van der Waals surface area contributed by atoms with E-state index in [9.17, 15) is 8.78 Å². The van der Waals surface area contributed by atoms with E-state index < -0.39 is 6.43 Å². The van der Waals surface area contributed by atoms with E-state index in [1.165, 1.54) is 24.3 Å². The molecule has 0 atom stereocenters. The average molecular weight is 224 g/mol. The van der Waals surface area contributed by atoms with Crippen molar-refractivity contribution in [3.8, 4) is 0 Å². The second-order valence-corrected chi connectivity index (χ2v) is 3.37. The molecule has 16 heavy (non-hydrogen) atoms.